The first-order valence-electron chi connectivity index (χ1n) is 7.28. The van der Waals surface area contributed by atoms with E-state index in [2.05, 4.69) is 5.32 Å². The van der Waals surface area contributed by atoms with Crippen LogP contribution in [0.5, 0.6) is 17.2 Å². The van der Waals surface area contributed by atoms with Crippen molar-refractivity contribution in [3.8, 4) is 17.2 Å². The molecule has 1 heterocycles. The highest BCUT2D eigenvalue weighted by Gasteiger charge is 2.26. The zero-order valence-corrected chi connectivity index (χ0v) is 13.6. The molecule has 3 N–H and O–H groups in total. The van der Waals surface area contributed by atoms with Crippen LogP contribution in [-0.4, -0.2) is 30.3 Å². The third-order valence-electron chi connectivity index (χ3n) is 3.66. The lowest BCUT2D eigenvalue weighted by Gasteiger charge is -2.18. The van der Waals surface area contributed by atoms with Crippen molar-refractivity contribution in [2.24, 2.45) is 0 Å². The van der Waals surface area contributed by atoms with E-state index in [1.165, 1.54) is 32.4 Å². The van der Waals surface area contributed by atoms with E-state index in [-0.39, 0.29) is 29.6 Å². The average Bonchev–Trinajstić information content (AvgIpc) is 2.56. The molecule has 1 amide bonds. The van der Waals surface area contributed by atoms with Gasteiger partial charge in [-0.05, 0) is 24.6 Å². The maximum atomic E-state index is 11.9. The molecular weight excluding hydrogens is 314 g/mol. The van der Waals surface area contributed by atoms with Crippen molar-refractivity contribution in [3.05, 3.63) is 51.6 Å². The number of nitrogens with one attached hydrogen (secondary N) is 1. The van der Waals surface area contributed by atoms with Crippen molar-refractivity contribution in [2.75, 3.05) is 14.2 Å². The number of carbonyl (C=O) groups is 1. The molecule has 0 aliphatic carbocycles. The lowest BCUT2D eigenvalue weighted by Crippen LogP contribution is -2.21. The van der Waals surface area contributed by atoms with Gasteiger partial charge in [0.15, 0.2) is 17.3 Å². The van der Waals surface area contributed by atoms with Crippen LogP contribution < -0.4 is 15.5 Å². The van der Waals surface area contributed by atoms with Crippen LogP contribution in [0.1, 0.15) is 29.4 Å². The number of carbonyl (C=O) groups excluding carboxylic acids is 1. The summed E-state index contributed by atoms with van der Waals surface area (Å²) in [6.45, 7) is 1.58. The van der Waals surface area contributed by atoms with Gasteiger partial charge in [0.25, 0.3) is 0 Å². The summed E-state index contributed by atoms with van der Waals surface area (Å²) < 4.78 is 10.6. The second-order valence-electron chi connectivity index (χ2n) is 5.30. The molecule has 7 nitrogen and oxygen atoms in total. The molecule has 1 atom stereocenters. The minimum atomic E-state index is -0.716. The second kappa shape index (κ2) is 7.08. The third kappa shape index (κ3) is 3.51. The molecule has 0 spiro atoms. The standard InChI is InChI=1S/C17H19NO6/c1-9-6-13(20)16(22)17(24-9)11(8-15(21)18-2)10-4-5-12(19)14(7-10)23-3/h4-7,11,19,22H,8H2,1-3H3,(H,18,21)/t11-/m0/s1. The topological polar surface area (TPSA) is 109 Å². The molecule has 1 aromatic carbocycles. The van der Waals surface area contributed by atoms with Gasteiger partial charge in [0, 0.05) is 19.5 Å². The number of ether oxygens (including phenoxy) is 1. The Morgan fingerprint density at radius 3 is 2.67 bits per heavy atom. The van der Waals surface area contributed by atoms with Gasteiger partial charge >= 0.3 is 0 Å². The number of aromatic hydroxyl groups is 2. The minimum Gasteiger partial charge on any atom is -0.504 e. The van der Waals surface area contributed by atoms with E-state index in [9.17, 15) is 19.8 Å². The molecule has 2 rings (SSSR count). The Labute approximate surface area is 138 Å². The highest BCUT2D eigenvalue weighted by atomic mass is 16.5. The van der Waals surface area contributed by atoms with Crippen molar-refractivity contribution in [2.45, 2.75) is 19.3 Å². The van der Waals surface area contributed by atoms with Crippen molar-refractivity contribution in [3.63, 3.8) is 0 Å². The lowest BCUT2D eigenvalue weighted by molar-refractivity contribution is -0.120. The molecule has 128 valence electrons. The van der Waals surface area contributed by atoms with E-state index in [4.69, 9.17) is 9.15 Å². The van der Waals surface area contributed by atoms with Crippen molar-refractivity contribution >= 4 is 5.91 Å². The summed E-state index contributed by atoms with van der Waals surface area (Å²) in [5.74, 6) is -1.08. The molecular formula is C17H19NO6. The predicted octanol–water partition coefficient (Wildman–Crippen LogP) is 1.64. The number of phenolic OH excluding ortho intramolecular Hbond substituents is 1. The fraction of sp³-hybridized carbons (Fsp3) is 0.294. The molecule has 0 saturated heterocycles. The van der Waals surface area contributed by atoms with Crippen molar-refractivity contribution in [1.82, 2.24) is 5.32 Å². The maximum absolute atomic E-state index is 11.9. The van der Waals surface area contributed by atoms with Crippen LogP contribution in [0.15, 0.2) is 33.5 Å². The maximum Gasteiger partial charge on any atom is 0.227 e. The molecule has 2 aromatic rings. The number of hydrogen-bond donors (Lipinski definition) is 3. The zero-order valence-electron chi connectivity index (χ0n) is 13.6. The molecule has 0 aliphatic rings. The Kier molecular flexibility index (Phi) is 5.13. The highest BCUT2D eigenvalue weighted by molar-refractivity contribution is 5.77. The number of phenols is 1. The van der Waals surface area contributed by atoms with Crippen LogP contribution in [0.4, 0.5) is 0 Å². The van der Waals surface area contributed by atoms with Crippen LogP contribution in [-0.2, 0) is 4.79 Å². The van der Waals surface area contributed by atoms with Gasteiger partial charge in [0.2, 0.25) is 17.1 Å². The molecule has 7 heteroatoms. The monoisotopic (exact) mass is 333 g/mol. The summed E-state index contributed by atoms with van der Waals surface area (Å²) in [5.41, 5.74) is -0.0290. The molecule has 0 saturated carbocycles. The predicted molar refractivity (Wildman–Crippen MR) is 86.6 cm³/mol. The number of amides is 1. The Bertz CT molecular complexity index is 811. The van der Waals surface area contributed by atoms with Crippen LogP contribution in [0.2, 0.25) is 0 Å². The molecule has 0 bridgehead atoms. The summed E-state index contributed by atoms with van der Waals surface area (Å²) in [5, 5.41) is 22.3. The SMILES string of the molecule is CNC(=O)C[C@@H](c1ccc(O)c(OC)c1)c1oc(C)cc(=O)c1O. The van der Waals surface area contributed by atoms with Crippen LogP contribution in [0, 0.1) is 6.92 Å². The fourth-order valence-electron chi connectivity index (χ4n) is 2.42. The van der Waals surface area contributed by atoms with Gasteiger partial charge in [-0.2, -0.15) is 0 Å². The molecule has 0 unspecified atom stereocenters. The summed E-state index contributed by atoms with van der Waals surface area (Å²) in [7, 11) is 2.89. The Balaban J connectivity index is 2.62. The van der Waals surface area contributed by atoms with Crippen LogP contribution in [0.3, 0.4) is 0 Å². The number of aryl methyl sites for hydroxylation is 1. The van der Waals surface area contributed by atoms with Gasteiger partial charge < -0.3 is 24.7 Å². The van der Waals surface area contributed by atoms with E-state index in [1.807, 2.05) is 0 Å². The van der Waals surface area contributed by atoms with Crippen molar-refractivity contribution < 1.29 is 24.2 Å². The average molecular weight is 333 g/mol. The summed E-state index contributed by atoms with van der Waals surface area (Å²) in [4.78, 5) is 23.7. The largest absolute Gasteiger partial charge is 0.504 e. The van der Waals surface area contributed by atoms with Gasteiger partial charge in [0.05, 0.1) is 13.0 Å². The van der Waals surface area contributed by atoms with Gasteiger partial charge in [0.1, 0.15) is 5.76 Å². The molecule has 0 radical (unpaired) electrons. The van der Waals surface area contributed by atoms with Crippen molar-refractivity contribution in [1.29, 1.82) is 0 Å². The lowest BCUT2D eigenvalue weighted by atomic mass is 9.91. The van der Waals surface area contributed by atoms with Gasteiger partial charge in [-0.1, -0.05) is 6.07 Å². The fourth-order valence-corrected chi connectivity index (χ4v) is 2.42. The summed E-state index contributed by atoms with van der Waals surface area (Å²) in [6.07, 6.45) is -0.0512. The summed E-state index contributed by atoms with van der Waals surface area (Å²) >= 11 is 0. The number of rotatable bonds is 5. The Hall–Kier alpha value is -2.96. The molecule has 0 fully saturated rings. The second-order valence-corrected chi connectivity index (χ2v) is 5.30. The van der Waals surface area contributed by atoms with E-state index >= 15 is 0 Å². The Morgan fingerprint density at radius 2 is 2.04 bits per heavy atom. The van der Waals surface area contributed by atoms with E-state index in [0.717, 1.165) is 0 Å². The van der Waals surface area contributed by atoms with Gasteiger partial charge in [-0.15, -0.1) is 0 Å². The van der Waals surface area contributed by atoms with E-state index in [1.54, 1.807) is 13.0 Å². The Morgan fingerprint density at radius 1 is 1.33 bits per heavy atom. The highest BCUT2D eigenvalue weighted by Crippen LogP contribution is 2.37. The van der Waals surface area contributed by atoms with Gasteiger partial charge in [-0.3, -0.25) is 9.59 Å². The first kappa shape index (κ1) is 17.4. The van der Waals surface area contributed by atoms with Crippen LogP contribution >= 0.6 is 0 Å². The summed E-state index contributed by atoms with van der Waals surface area (Å²) in [6, 6.07) is 5.70. The zero-order chi connectivity index (χ0) is 17.9. The first-order chi connectivity index (χ1) is 11.4. The molecule has 1 aromatic heterocycles. The molecule has 0 aliphatic heterocycles. The first-order valence-corrected chi connectivity index (χ1v) is 7.28. The third-order valence-corrected chi connectivity index (χ3v) is 3.66. The number of methoxy groups -OCH3 is 1. The van der Waals surface area contributed by atoms with Gasteiger partial charge in [-0.25, -0.2) is 0 Å². The number of hydrogen-bond acceptors (Lipinski definition) is 6. The smallest absolute Gasteiger partial charge is 0.227 e. The minimum absolute atomic E-state index is 0.00339. The van der Waals surface area contributed by atoms with E-state index < -0.39 is 17.1 Å². The normalized spacial score (nSPS) is 11.8. The molecule has 24 heavy (non-hydrogen) atoms. The van der Waals surface area contributed by atoms with E-state index in [0.29, 0.717) is 11.3 Å². The number of benzene rings is 1. The quantitative estimate of drug-likeness (QED) is 0.767. The van der Waals surface area contributed by atoms with Crippen LogP contribution in [0.25, 0.3) is 0 Å².